The summed E-state index contributed by atoms with van der Waals surface area (Å²) in [5, 5.41) is 4.38. The predicted octanol–water partition coefficient (Wildman–Crippen LogP) is 1.58. The van der Waals surface area contributed by atoms with Crippen LogP contribution in [0.4, 0.5) is 0 Å². The van der Waals surface area contributed by atoms with Gasteiger partial charge in [-0.1, -0.05) is 12.2 Å². The van der Waals surface area contributed by atoms with Crippen LogP contribution >= 0.6 is 0 Å². The summed E-state index contributed by atoms with van der Waals surface area (Å²) in [6.07, 6.45) is 8.75. The van der Waals surface area contributed by atoms with Gasteiger partial charge in [0, 0.05) is 13.1 Å². The minimum atomic E-state index is 0.881. The number of nitrogens with zero attached hydrogens (tertiary/aromatic N) is 1. The van der Waals surface area contributed by atoms with Crippen LogP contribution in [0.15, 0.2) is 12.2 Å². The van der Waals surface area contributed by atoms with E-state index < -0.39 is 0 Å². The summed E-state index contributed by atoms with van der Waals surface area (Å²) >= 11 is 0. The van der Waals surface area contributed by atoms with Gasteiger partial charge in [-0.2, -0.15) is 0 Å². The lowest BCUT2D eigenvalue weighted by Crippen LogP contribution is -2.11. The fourth-order valence-electron chi connectivity index (χ4n) is 2.00. The number of hydrogen-bond acceptors (Lipinski definition) is 0. The number of allylic oxidation sites excluding steroid dienone is 2. The highest BCUT2D eigenvalue weighted by Crippen LogP contribution is 2.29. The van der Waals surface area contributed by atoms with E-state index in [1.165, 1.54) is 19.3 Å². The first-order valence-electron chi connectivity index (χ1n) is 4.27. The van der Waals surface area contributed by atoms with Crippen LogP contribution in [0.25, 0.3) is 0 Å². The first kappa shape index (κ1) is 6.41. The zero-order valence-corrected chi connectivity index (χ0v) is 6.29. The van der Waals surface area contributed by atoms with Crippen LogP contribution in [0.5, 0.6) is 0 Å². The van der Waals surface area contributed by atoms with Crippen LogP contribution in [0.1, 0.15) is 19.3 Å². The molecule has 0 aromatic heterocycles. The van der Waals surface area contributed by atoms with E-state index in [9.17, 15) is 0 Å². The van der Waals surface area contributed by atoms with E-state index in [2.05, 4.69) is 17.5 Å². The molecular formula is C9H14N. The first-order chi connectivity index (χ1) is 4.97. The Morgan fingerprint density at radius 2 is 2.30 bits per heavy atom. The van der Waals surface area contributed by atoms with Gasteiger partial charge in [-0.25, -0.2) is 5.32 Å². The van der Waals surface area contributed by atoms with E-state index in [1.807, 2.05) is 0 Å². The van der Waals surface area contributed by atoms with Crippen molar-refractivity contribution in [2.45, 2.75) is 19.3 Å². The molecule has 1 heteroatoms. The molecule has 55 valence electrons. The van der Waals surface area contributed by atoms with Crippen LogP contribution in [-0.2, 0) is 0 Å². The van der Waals surface area contributed by atoms with Crippen molar-refractivity contribution in [1.29, 1.82) is 0 Å². The fourth-order valence-corrected chi connectivity index (χ4v) is 2.00. The van der Waals surface area contributed by atoms with Crippen molar-refractivity contribution in [3.8, 4) is 0 Å². The molecule has 0 amide bonds. The monoisotopic (exact) mass is 136 g/mol. The molecule has 1 heterocycles. The molecule has 0 bridgehead atoms. The van der Waals surface area contributed by atoms with Crippen molar-refractivity contribution in [2.24, 2.45) is 11.8 Å². The predicted molar refractivity (Wildman–Crippen MR) is 41.8 cm³/mol. The Bertz CT molecular complexity index is 134. The van der Waals surface area contributed by atoms with Crippen molar-refractivity contribution in [2.75, 3.05) is 13.1 Å². The van der Waals surface area contributed by atoms with Gasteiger partial charge in [-0.15, -0.1) is 0 Å². The largest absolute Gasteiger partial charge is 0.241 e. The van der Waals surface area contributed by atoms with Gasteiger partial charge in [0.25, 0.3) is 0 Å². The van der Waals surface area contributed by atoms with E-state index in [4.69, 9.17) is 0 Å². The molecular weight excluding hydrogens is 122 g/mol. The highest BCUT2D eigenvalue weighted by molar-refractivity contribution is 5.00. The SMILES string of the molecule is C1=CC(C2CC[N]C2)CC1. The standard InChI is InChI=1S/C9H14N/c1-2-4-8(3-1)9-5-6-10-7-9/h1,3,8-9H,2,4-7H2. The quantitative estimate of drug-likeness (QED) is 0.486. The molecule has 0 aromatic carbocycles. The van der Waals surface area contributed by atoms with Crippen molar-refractivity contribution in [3.63, 3.8) is 0 Å². The number of rotatable bonds is 1. The van der Waals surface area contributed by atoms with Gasteiger partial charge in [-0.05, 0) is 31.1 Å². The lowest BCUT2D eigenvalue weighted by atomic mass is 9.91. The van der Waals surface area contributed by atoms with E-state index in [0.717, 1.165) is 24.9 Å². The molecule has 0 spiro atoms. The van der Waals surface area contributed by atoms with Gasteiger partial charge >= 0.3 is 0 Å². The fraction of sp³-hybridized carbons (Fsp3) is 0.778. The summed E-state index contributed by atoms with van der Waals surface area (Å²) in [6.45, 7) is 2.25. The molecule has 2 rings (SSSR count). The summed E-state index contributed by atoms with van der Waals surface area (Å²) in [6, 6.07) is 0. The molecule has 2 atom stereocenters. The van der Waals surface area contributed by atoms with Crippen LogP contribution in [0.3, 0.4) is 0 Å². The van der Waals surface area contributed by atoms with Crippen molar-refractivity contribution < 1.29 is 0 Å². The second-order valence-corrected chi connectivity index (χ2v) is 3.35. The maximum Gasteiger partial charge on any atom is 0.0167 e. The van der Waals surface area contributed by atoms with Crippen LogP contribution < -0.4 is 5.32 Å². The summed E-state index contributed by atoms with van der Waals surface area (Å²) in [5.74, 6) is 1.78. The van der Waals surface area contributed by atoms with E-state index in [1.54, 1.807) is 0 Å². The maximum atomic E-state index is 4.38. The Kier molecular flexibility index (Phi) is 1.76. The van der Waals surface area contributed by atoms with Gasteiger partial charge in [0.2, 0.25) is 0 Å². The maximum absolute atomic E-state index is 4.38. The van der Waals surface area contributed by atoms with Gasteiger partial charge in [0.1, 0.15) is 0 Å². The average molecular weight is 136 g/mol. The summed E-state index contributed by atoms with van der Waals surface area (Å²) in [7, 11) is 0. The highest BCUT2D eigenvalue weighted by atomic mass is 14.9. The minimum Gasteiger partial charge on any atom is -0.241 e. The Morgan fingerprint density at radius 3 is 2.90 bits per heavy atom. The Morgan fingerprint density at radius 1 is 1.30 bits per heavy atom. The third-order valence-corrected chi connectivity index (χ3v) is 2.68. The second-order valence-electron chi connectivity index (χ2n) is 3.35. The Balaban J connectivity index is 1.91. The molecule has 0 saturated carbocycles. The molecule has 1 aliphatic heterocycles. The second kappa shape index (κ2) is 2.75. The zero-order chi connectivity index (χ0) is 6.81. The van der Waals surface area contributed by atoms with Crippen molar-refractivity contribution in [1.82, 2.24) is 5.32 Å². The summed E-state index contributed by atoms with van der Waals surface area (Å²) in [4.78, 5) is 0. The lowest BCUT2D eigenvalue weighted by Gasteiger charge is -2.13. The van der Waals surface area contributed by atoms with Gasteiger partial charge in [0.15, 0.2) is 0 Å². The summed E-state index contributed by atoms with van der Waals surface area (Å²) < 4.78 is 0. The third-order valence-electron chi connectivity index (χ3n) is 2.68. The minimum absolute atomic E-state index is 0.881. The Hall–Kier alpha value is -0.300. The zero-order valence-electron chi connectivity index (χ0n) is 6.29. The first-order valence-corrected chi connectivity index (χ1v) is 4.27. The van der Waals surface area contributed by atoms with Crippen LogP contribution in [-0.4, -0.2) is 13.1 Å². The number of hydrogen-bond donors (Lipinski definition) is 0. The molecule has 0 aromatic rings. The van der Waals surface area contributed by atoms with Crippen LogP contribution in [0.2, 0.25) is 0 Å². The molecule has 1 radical (unpaired) electrons. The topological polar surface area (TPSA) is 14.1 Å². The van der Waals surface area contributed by atoms with E-state index >= 15 is 0 Å². The molecule has 1 nitrogen and oxygen atoms in total. The highest BCUT2D eigenvalue weighted by Gasteiger charge is 2.24. The average Bonchev–Trinajstić information content (AvgIpc) is 2.59. The molecule has 10 heavy (non-hydrogen) atoms. The third kappa shape index (κ3) is 1.10. The molecule has 1 saturated heterocycles. The molecule has 2 unspecified atom stereocenters. The van der Waals surface area contributed by atoms with Gasteiger partial charge < -0.3 is 0 Å². The van der Waals surface area contributed by atoms with Gasteiger partial charge in [0.05, 0.1) is 0 Å². The van der Waals surface area contributed by atoms with Crippen LogP contribution in [0, 0.1) is 11.8 Å². The molecule has 0 N–H and O–H groups in total. The normalized spacial score (nSPS) is 39.2. The van der Waals surface area contributed by atoms with E-state index in [0.29, 0.717) is 0 Å². The molecule has 1 aliphatic carbocycles. The van der Waals surface area contributed by atoms with Crippen molar-refractivity contribution in [3.05, 3.63) is 12.2 Å². The lowest BCUT2D eigenvalue weighted by molar-refractivity contribution is 0.421. The Labute approximate surface area is 62.5 Å². The molecule has 2 aliphatic rings. The summed E-state index contributed by atoms with van der Waals surface area (Å²) in [5.41, 5.74) is 0. The van der Waals surface area contributed by atoms with Crippen molar-refractivity contribution >= 4 is 0 Å². The van der Waals surface area contributed by atoms with Gasteiger partial charge in [-0.3, -0.25) is 0 Å². The smallest absolute Gasteiger partial charge is 0.0167 e. The molecule has 1 fully saturated rings. The van der Waals surface area contributed by atoms with E-state index in [-0.39, 0.29) is 0 Å².